The van der Waals surface area contributed by atoms with Gasteiger partial charge in [-0.25, -0.2) is 0 Å². The molecule has 19 heavy (non-hydrogen) atoms. The van der Waals surface area contributed by atoms with Gasteiger partial charge in [-0.2, -0.15) is 0 Å². The highest BCUT2D eigenvalue weighted by Gasteiger charge is 2.41. The van der Waals surface area contributed by atoms with E-state index < -0.39 is 7.37 Å². The van der Waals surface area contributed by atoms with E-state index in [9.17, 15) is 4.57 Å². The molecule has 2 aromatic carbocycles. The van der Waals surface area contributed by atoms with Crippen molar-refractivity contribution in [3.05, 3.63) is 48.5 Å². The Labute approximate surface area is 111 Å². The lowest BCUT2D eigenvalue weighted by molar-refractivity contribution is 0.415. The Bertz CT molecular complexity index is 691. The minimum atomic E-state index is -2.85. The number of ether oxygens (including phenoxy) is 1. The van der Waals surface area contributed by atoms with E-state index in [2.05, 4.69) is 0 Å². The molecule has 2 aromatic rings. The fraction of sp³-hybridized carbons (Fsp3) is 0.200. The van der Waals surface area contributed by atoms with E-state index in [0.29, 0.717) is 18.5 Å². The molecule has 0 bridgehead atoms. The maximum atomic E-state index is 13.2. The predicted molar refractivity (Wildman–Crippen MR) is 74.4 cm³/mol. The number of hydrogen-bond donors (Lipinski definition) is 0. The molecule has 0 saturated carbocycles. The summed E-state index contributed by atoms with van der Waals surface area (Å²) in [7, 11) is -2.85. The Balaban J connectivity index is 1.92. The average Bonchev–Trinajstić information content (AvgIpc) is 3.23. The molecule has 0 radical (unpaired) electrons. The van der Waals surface area contributed by atoms with Crippen LogP contribution in [-0.4, -0.2) is 18.9 Å². The second-order valence-electron chi connectivity index (χ2n) is 4.92. The summed E-state index contributed by atoms with van der Waals surface area (Å²) in [5.74, 6) is 0.713. The second-order valence-corrected chi connectivity index (χ2v) is 7.29. The Morgan fingerprint density at radius 1 is 1.05 bits per heavy atom. The standard InChI is InChI=1S/C15H13O3P/c16-19(10-11-9-17-11)15-8-4-2-6-13(15)12-5-1-3-7-14(12)18-19/h1-8,11H,9-10H2. The number of fused-ring (bicyclic) bond motifs is 3. The first-order chi connectivity index (χ1) is 9.26. The first kappa shape index (κ1) is 11.3. The topological polar surface area (TPSA) is 38.8 Å². The SMILES string of the molecule is O=P1(CC2CO2)Oc2ccccc2-c2ccccc21. The largest absolute Gasteiger partial charge is 0.439 e. The lowest BCUT2D eigenvalue weighted by Crippen LogP contribution is -2.21. The molecule has 4 rings (SSSR count). The molecule has 4 heteroatoms. The third kappa shape index (κ3) is 1.81. The zero-order valence-corrected chi connectivity index (χ0v) is 11.2. The van der Waals surface area contributed by atoms with Crippen molar-refractivity contribution in [2.24, 2.45) is 0 Å². The number of epoxide rings is 1. The van der Waals surface area contributed by atoms with Gasteiger partial charge >= 0.3 is 0 Å². The van der Waals surface area contributed by atoms with Crippen LogP contribution in [0.2, 0.25) is 0 Å². The number of benzene rings is 2. The molecule has 96 valence electrons. The Morgan fingerprint density at radius 2 is 1.74 bits per heavy atom. The van der Waals surface area contributed by atoms with Crippen molar-refractivity contribution < 1.29 is 13.8 Å². The van der Waals surface area contributed by atoms with E-state index in [4.69, 9.17) is 9.26 Å². The summed E-state index contributed by atoms with van der Waals surface area (Å²) in [6.45, 7) is 0.692. The molecule has 2 aliphatic rings. The highest BCUT2D eigenvalue weighted by atomic mass is 31.2. The third-order valence-corrected chi connectivity index (χ3v) is 6.04. The van der Waals surface area contributed by atoms with Crippen molar-refractivity contribution in [2.45, 2.75) is 6.10 Å². The van der Waals surface area contributed by atoms with Crippen LogP contribution < -0.4 is 9.83 Å². The maximum absolute atomic E-state index is 13.2. The molecule has 0 amide bonds. The van der Waals surface area contributed by atoms with Gasteiger partial charge in [0.1, 0.15) is 5.75 Å². The van der Waals surface area contributed by atoms with Gasteiger partial charge in [0.25, 0.3) is 7.37 Å². The Kier molecular flexibility index (Phi) is 2.35. The van der Waals surface area contributed by atoms with Crippen LogP contribution in [0.25, 0.3) is 11.1 Å². The summed E-state index contributed by atoms with van der Waals surface area (Å²) in [6.07, 6.45) is 0.558. The van der Waals surface area contributed by atoms with Gasteiger partial charge in [0.05, 0.1) is 24.2 Å². The van der Waals surface area contributed by atoms with E-state index in [1.807, 2.05) is 48.5 Å². The van der Waals surface area contributed by atoms with Gasteiger partial charge in [0.2, 0.25) is 0 Å². The Hall–Kier alpha value is -1.57. The molecular weight excluding hydrogens is 259 g/mol. The van der Waals surface area contributed by atoms with Crippen molar-refractivity contribution in [3.63, 3.8) is 0 Å². The van der Waals surface area contributed by atoms with Crippen molar-refractivity contribution in [1.82, 2.24) is 0 Å². The Morgan fingerprint density at radius 3 is 2.53 bits per heavy atom. The summed E-state index contributed by atoms with van der Waals surface area (Å²) in [5.41, 5.74) is 2.04. The normalized spacial score (nSPS) is 27.1. The van der Waals surface area contributed by atoms with Crippen molar-refractivity contribution in [2.75, 3.05) is 12.8 Å². The van der Waals surface area contributed by atoms with Crippen molar-refractivity contribution in [3.8, 4) is 16.9 Å². The van der Waals surface area contributed by atoms with E-state index in [1.54, 1.807) is 0 Å². The highest BCUT2D eigenvalue weighted by molar-refractivity contribution is 7.67. The molecule has 2 unspecified atom stereocenters. The number of para-hydroxylation sites is 1. The smallest absolute Gasteiger partial charge is 0.280 e. The minimum absolute atomic E-state index is 0.0872. The quantitative estimate of drug-likeness (QED) is 0.623. The molecule has 1 saturated heterocycles. The molecular formula is C15H13O3P. The minimum Gasteiger partial charge on any atom is -0.439 e. The molecule has 0 spiro atoms. The summed E-state index contributed by atoms with van der Waals surface area (Å²) in [6, 6.07) is 15.6. The fourth-order valence-electron chi connectivity index (χ4n) is 2.55. The molecule has 1 fully saturated rings. The fourth-order valence-corrected chi connectivity index (χ4v) is 5.02. The lowest BCUT2D eigenvalue weighted by atomic mass is 10.0. The highest BCUT2D eigenvalue weighted by Crippen LogP contribution is 2.55. The van der Waals surface area contributed by atoms with Gasteiger partial charge < -0.3 is 9.26 Å². The summed E-state index contributed by atoms with van der Waals surface area (Å²) in [4.78, 5) is 0. The summed E-state index contributed by atoms with van der Waals surface area (Å²) >= 11 is 0. The molecule has 3 nitrogen and oxygen atoms in total. The van der Waals surface area contributed by atoms with Crippen LogP contribution in [-0.2, 0) is 9.30 Å². The zero-order valence-electron chi connectivity index (χ0n) is 10.3. The van der Waals surface area contributed by atoms with Gasteiger partial charge in [0, 0.05) is 5.56 Å². The predicted octanol–water partition coefficient (Wildman–Crippen LogP) is 3.05. The van der Waals surface area contributed by atoms with E-state index in [0.717, 1.165) is 16.4 Å². The van der Waals surface area contributed by atoms with Crippen LogP contribution in [0.4, 0.5) is 0 Å². The second kappa shape index (κ2) is 3.96. The summed E-state index contributed by atoms with van der Waals surface area (Å²) in [5, 5.41) is 0.823. The van der Waals surface area contributed by atoms with Gasteiger partial charge in [-0.05, 0) is 17.7 Å². The first-order valence-electron chi connectivity index (χ1n) is 6.35. The van der Waals surface area contributed by atoms with Crippen LogP contribution >= 0.6 is 7.37 Å². The van der Waals surface area contributed by atoms with E-state index in [1.165, 1.54) is 0 Å². The average molecular weight is 272 g/mol. The van der Waals surface area contributed by atoms with Crippen molar-refractivity contribution >= 4 is 12.7 Å². The van der Waals surface area contributed by atoms with E-state index >= 15 is 0 Å². The van der Waals surface area contributed by atoms with Crippen LogP contribution in [0.5, 0.6) is 5.75 Å². The monoisotopic (exact) mass is 272 g/mol. The molecule has 2 atom stereocenters. The van der Waals surface area contributed by atoms with Gasteiger partial charge in [-0.3, -0.25) is 4.57 Å². The van der Waals surface area contributed by atoms with Gasteiger partial charge in [-0.1, -0.05) is 36.4 Å². The third-order valence-electron chi connectivity index (χ3n) is 3.54. The maximum Gasteiger partial charge on any atom is 0.280 e. The summed E-state index contributed by atoms with van der Waals surface area (Å²) < 4.78 is 24.3. The molecule has 0 aliphatic carbocycles. The molecule has 0 aromatic heterocycles. The zero-order chi connectivity index (χ0) is 12.9. The van der Waals surface area contributed by atoms with Gasteiger partial charge in [0.15, 0.2) is 0 Å². The van der Waals surface area contributed by atoms with Crippen LogP contribution in [0.1, 0.15) is 0 Å². The molecule has 0 N–H and O–H groups in total. The molecule has 2 aliphatic heterocycles. The molecule has 2 heterocycles. The van der Waals surface area contributed by atoms with Crippen molar-refractivity contribution in [1.29, 1.82) is 0 Å². The van der Waals surface area contributed by atoms with Crippen LogP contribution in [0.3, 0.4) is 0 Å². The first-order valence-corrected chi connectivity index (χ1v) is 8.16. The van der Waals surface area contributed by atoms with Crippen LogP contribution in [0, 0.1) is 0 Å². The van der Waals surface area contributed by atoms with Gasteiger partial charge in [-0.15, -0.1) is 0 Å². The number of hydrogen-bond acceptors (Lipinski definition) is 3. The van der Waals surface area contributed by atoms with Crippen LogP contribution in [0.15, 0.2) is 48.5 Å². The van der Waals surface area contributed by atoms with E-state index in [-0.39, 0.29) is 6.10 Å². The number of rotatable bonds is 2. The lowest BCUT2D eigenvalue weighted by Gasteiger charge is -2.28.